The largest absolute Gasteiger partial charge is 0.449 e. The number of anilines is 1. The number of furan rings is 1. The molecule has 0 saturated carbocycles. The third-order valence-electron chi connectivity index (χ3n) is 6.22. The van der Waals surface area contributed by atoms with Crippen molar-refractivity contribution in [2.45, 2.75) is 52.6 Å². The molecular weight excluding hydrogens is 410 g/mol. The maximum absolute atomic E-state index is 13.2. The van der Waals surface area contributed by atoms with Crippen molar-refractivity contribution in [2.24, 2.45) is 11.1 Å². The second-order valence-electron chi connectivity index (χ2n) is 8.25. The van der Waals surface area contributed by atoms with E-state index in [1.54, 1.807) is 12.1 Å². The van der Waals surface area contributed by atoms with Crippen LogP contribution in [0.15, 0.2) is 27.1 Å². The van der Waals surface area contributed by atoms with Crippen molar-refractivity contribution in [3.8, 4) is 0 Å². The van der Waals surface area contributed by atoms with Gasteiger partial charge in [0.1, 0.15) is 11.3 Å². The maximum atomic E-state index is 13.2. The predicted molar refractivity (Wildman–Crippen MR) is 110 cm³/mol. The molecule has 1 saturated heterocycles. The van der Waals surface area contributed by atoms with Crippen LogP contribution in [0.1, 0.15) is 51.6 Å². The van der Waals surface area contributed by atoms with Gasteiger partial charge in [0.05, 0.1) is 6.04 Å². The molecule has 7 heteroatoms. The number of carbonyl (C=O) groups is 2. The van der Waals surface area contributed by atoms with Gasteiger partial charge in [0.25, 0.3) is 5.91 Å². The van der Waals surface area contributed by atoms with Gasteiger partial charge < -0.3 is 15.5 Å². The molecule has 1 aromatic carbocycles. The normalized spacial score (nSPS) is 21.5. The highest BCUT2D eigenvalue weighted by Crippen LogP contribution is 2.48. The van der Waals surface area contributed by atoms with Gasteiger partial charge in [-0.1, -0.05) is 36.7 Å². The third kappa shape index (κ3) is 3.17. The van der Waals surface area contributed by atoms with Crippen molar-refractivity contribution in [1.29, 1.82) is 0 Å². The summed E-state index contributed by atoms with van der Waals surface area (Å²) in [4.78, 5) is 27.3. The van der Waals surface area contributed by atoms with Gasteiger partial charge in [0, 0.05) is 15.4 Å². The van der Waals surface area contributed by atoms with Crippen LogP contribution in [0.2, 0.25) is 0 Å². The number of likely N-dealkylation sites (N-methyl/N-ethyl adjacent to an activating group) is 1. The number of fused-ring (bicyclic) bond motifs is 1. The number of likely N-dealkylation sites (tertiary alicyclic amines) is 1. The average molecular weight is 436 g/mol. The highest BCUT2D eigenvalue weighted by Gasteiger charge is 2.53. The molecule has 1 atom stereocenters. The van der Waals surface area contributed by atoms with Crippen molar-refractivity contribution < 1.29 is 14.0 Å². The molecule has 146 valence electrons. The summed E-state index contributed by atoms with van der Waals surface area (Å²) in [7, 11) is 0. The second-order valence-corrected chi connectivity index (χ2v) is 9.16. The van der Waals surface area contributed by atoms with Crippen molar-refractivity contribution in [1.82, 2.24) is 4.90 Å². The molecule has 0 bridgehead atoms. The lowest BCUT2D eigenvalue weighted by Crippen LogP contribution is -2.50. The zero-order valence-corrected chi connectivity index (χ0v) is 17.9. The smallest absolute Gasteiger partial charge is 0.286 e. The van der Waals surface area contributed by atoms with Gasteiger partial charge in [0.2, 0.25) is 11.7 Å². The van der Waals surface area contributed by atoms with Crippen molar-refractivity contribution in [3.63, 3.8) is 0 Å². The quantitative estimate of drug-likeness (QED) is 0.755. The van der Waals surface area contributed by atoms with Crippen molar-refractivity contribution in [3.05, 3.63) is 28.4 Å². The van der Waals surface area contributed by atoms with E-state index in [0.29, 0.717) is 16.7 Å². The molecule has 1 fully saturated rings. The molecule has 1 aliphatic heterocycles. The molecule has 2 aromatic rings. The Kier molecular flexibility index (Phi) is 4.89. The zero-order valence-electron chi connectivity index (χ0n) is 16.4. The van der Waals surface area contributed by atoms with E-state index in [2.05, 4.69) is 60.8 Å². The summed E-state index contributed by atoms with van der Waals surface area (Å²) >= 11 is 3.42. The van der Waals surface area contributed by atoms with E-state index in [1.165, 1.54) is 0 Å². The topological polar surface area (TPSA) is 88.6 Å². The number of primary amides is 1. The minimum atomic E-state index is -0.711. The number of hydrogen-bond donors (Lipinski definition) is 2. The highest BCUT2D eigenvalue weighted by molar-refractivity contribution is 9.10. The maximum Gasteiger partial charge on any atom is 0.286 e. The molecule has 0 radical (unpaired) electrons. The number of nitrogens with zero attached hydrogens (tertiary/aromatic N) is 1. The van der Waals surface area contributed by atoms with Crippen LogP contribution in [0, 0.1) is 5.41 Å². The van der Waals surface area contributed by atoms with Crippen LogP contribution in [-0.4, -0.2) is 34.8 Å². The Bertz CT molecular complexity index is 917. The lowest BCUT2D eigenvalue weighted by molar-refractivity contribution is -0.121. The van der Waals surface area contributed by atoms with E-state index >= 15 is 0 Å². The third-order valence-corrected chi connectivity index (χ3v) is 6.71. The number of nitrogens with two attached hydrogens (primary N) is 1. The van der Waals surface area contributed by atoms with E-state index in [9.17, 15) is 9.59 Å². The SMILES string of the molecule is CCN1C(C(=O)Nc2c(C(N)=O)oc3ccc(Br)cc23)CC(C)(C)C1(C)C. The van der Waals surface area contributed by atoms with Crippen LogP contribution in [0.25, 0.3) is 11.0 Å². The summed E-state index contributed by atoms with van der Waals surface area (Å²) in [6.45, 7) is 11.5. The van der Waals surface area contributed by atoms with Crippen molar-refractivity contribution in [2.75, 3.05) is 11.9 Å². The summed E-state index contributed by atoms with van der Waals surface area (Å²) in [5, 5.41) is 3.57. The van der Waals surface area contributed by atoms with Gasteiger partial charge in [-0.3, -0.25) is 14.5 Å². The lowest BCUT2D eigenvalue weighted by atomic mass is 9.75. The monoisotopic (exact) mass is 435 g/mol. The number of amides is 2. The Morgan fingerprint density at radius 1 is 1.33 bits per heavy atom. The fraction of sp³-hybridized carbons (Fsp3) is 0.500. The molecule has 6 nitrogen and oxygen atoms in total. The minimum absolute atomic E-state index is 0.0287. The summed E-state index contributed by atoms with van der Waals surface area (Å²) < 4.78 is 6.41. The summed E-state index contributed by atoms with van der Waals surface area (Å²) in [6.07, 6.45) is 0.727. The summed E-state index contributed by atoms with van der Waals surface area (Å²) in [5.41, 5.74) is 6.16. The van der Waals surface area contributed by atoms with Crippen LogP contribution in [0.4, 0.5) is 5.69 Å². The van der Waals surface area contributed by atoms with Gasteiger partial charge in [0.15, 0.2) is 0 Å². The van der Waals surface area contributed by atoms with Crippen molar-refractivity contribution >= 4 is 44.4 Å². The number of nitrogens with one attached hydrogen (secondary N) is 1. The van der Waals surface area contributed by atoms with Gasteiger partial charge in [-0.05, 0) is 50.4 Å². The Morgan fingerprint density at radius 2 is 2.00 bits per heavy atom. The molecule has 0 aliphatic carbocycles. The summed E-state index contributed by atoms with van der Waals surface area (Å²) in [5.74, 6) is -0.895. The summed E-state index contributed by atoms with van der Waals surface area (Å²) in [6, 6.07) is 5.06. The first kappa shape index (κ1) is 19.9. The van der Waals surface area contributed by atoms with Crippen LogP contribution in [-0.2, 0) is 4.79 Å². The molecule has 1 unspecified atom stereocenters. The molecule has 0 spiro atoms. The Morgan fingerprint density at radius 3 is 2.59 bits per heavy atom. The number of hydrogen-bond acceptors (Lipinski definition) is 4. The molecule has 2 heterocycles. The van der Waals surface area contributed by atoms with Gasteiger partial charge in [-0.15, -0.1) is 0 Å². The Hall–Kier alpha value is -1.86. The van der Waals surface area contributed by atoms with Crippen LogP contribution in [0.5, 0.6) is 0 Å². The van der Waals surface area contributed by atoms with E-state index in [4.69, 9.17) is 10.2 Å². The molecule has 3 N–H and O–H groups in total. The Balaban J connectivity index is 2.00. The molecular formula is C20H26BrN3O3. The second kappa shape index (κ2) is 6.63. The lowest BCUT2D eigenvalue weighted by Gasteiger charge is -2.41. The van der Waals surface area contributed by atoms with Gasteiger partial charge in [-0.2, -0.15) is 0 Å². The molecule has 1 aromatic heterocycles. The fourth-order valence-electron chi connectivity index (χ4n) is 4.05. The average Bonchev–Trinajstić information content (AvgIpc) is 3.00. The number of benzene rings is 1. The zero-order chi connectivity index (χ0) is 20.1. The van der Waals surface area contributed by atoms with E-state index in [1.807, 2.05) is 6.07 Å². The molecule has 27 heavy (non-hydrogen) atoms. The van der Waals surface area contributed by atoms with E-state index in [-0.39, 0.29) is 28.7 Å². The first-order valence-corrected chi connectivity index (χ1v) is 9.88. The number of carbonyl (C=O) groups excluding carboxylic acids is 2. The van der Waals surface area contributed by atoms with Gasteiger partial charge >= 0.3 is 0 Å². The fourth-order valence-corrected chi connectivity index (χ4v) is 4.41. The first-order chi connectivity index (χ1) is 12.5. The predicted octanol–water partition coefficient (Wildman–Crippen LogP) is 4.13. The number of halogens is 1. The first-order valence-electron chi connectivity index (χ1n) is 9.09. The van der Waals surface area contributed by atoms with Crippen LogP contribution in [0.3, 0.4) is 0 Å². The van der Waals surface area contributed by atoms with Gasteiger partial charge in [-0.25, -0.2) is 0 Å². The Labute approximate surface area is 167 Å². The minimum Gasteiger partial charge on any atom is -0.449 e. The molecule has 3 rings (SSSR count). The number of rotatable bonds is 4. The molecule has 1 aliphatic rings. The molecule has 2 amide bonds. The highest BCUT2D eigenvalue weighted by atomic mass is 79.9. The van der Waals surface area contributed by atoms with Crippen LogP contribution < -0.4 is 11.1 Å². The van der Waals surface area contributed by atoms with E-state index in [0.717, 1.165) is 17.4 Å². The van der Waals surface area contributed by atoms with Crippen LogP contribution >= 0.6 is 15.9 Å². The van der Waals surface area contributed by atoms with E-state index < -0.39 is 5.91 Å². The standard InChI is InChI=1S/C20H26BrN3O3/c1-6-24-13(10-19(2,3)20(24,4)5)18(26)23-15-12-9-11(21)7-8-14(12)27-16(15)17(22)25/h7-9,13H,6,10H2,1-5H3,(H2,22,25)(H,23,26).